The monoisotopic (exact) mass is 356 g/mol. The summed E-state index contributed by atoms with van der Waals surface area (Å²) in [6.45, 7) is 3.84. The van der Waals surface area contributed by atoms with Crippen molar-refractivity contribution in [2.75, 3.05) is 38.2 Å². The SMILES string of the molecule is COC(=O)c1cc([N+](=O)[O-])ccc1N1CCN(Cc2ccccn2)CC1. The zero-order chi connectivity index (χ0) is 18.5. The summed E-state index contributed by atoms with van der Waals surface area (Å²) < 4.78 is 4.80. The van der Waals surface area contributed by atoms with E-state index in [1.807, 2.05) is 18.2 Å². The fraction of sp³-hybridized carbons (Fsp3) is 0.333. The minimum atomic E-state index is -0.570. The minimum Gasteiger partial charge on any atom is -0.465 e. The molecule has 2 heterocycles. The molecule has 26 heavy (non-hydrogen) atoms. The first-order chi connectivity index (χ1) is 12.6. The van der Waals surface area contributed by atoms with Gasteiger partial charge in [0.1, 0.15) is 0 Å². The van der Waals surface area contributed by atoms with Crippen LogP contribution in [0.25, 0.3) is 0 Å². The molecule has 0 saturated carbocycles. The van der Waals surface area contributed by atoms with Crippen molar-refractivity contribution < 1.29 is 14.5 Å². The van der Waals surface area contributed by atoms with Gasteiger partial charge in [-0.2, -0.15) is 0 Å². The lowest BCUT2D eigenvalue weighted by Crippen LogP contribution is -2.46. The third-order valence-electron chi connectivity index (χ3n) is 4.42. The fourth-order valence-electron chi connectivity index (χ4n) is 3.05. The number of ether oxygens (including phenoxy) is 1. The molecule has 1 fully saturated rings. The van der Waals surface area contributed by atoms with Gasteiger partial charge < -0.3 is 9.64 Å². The van der Waals surface area contributed by atoms with Crippen molar-refractivity contribution in [2.24, 2.45) is 0 Å². The number of nitro benzene ring substituents is 1. The number of rotatable bonds is 5. The Balaban J connectivity index is 1.72. The number of nitro groups is 1. The summed E-state index contributed by atoms with van der Waals surface area (Å²) in [7, 11) is 1.27. The zero-order valence-corrected chi connectivity index (χ0v) is 14.5. The molecule has 0 spiro atoms. The largest absolute Gasteiger partial charge is 0.465 e. The highest BCUT2D eigenvalue weighted by Crippen LogP contribution is 2.27. The van der Waals surface area contributed by atoms with Gasteiger partial charge in [0, 0.05) is 51.1 Å². The molecule has 0 bridgehead atoms. The Bertz CT molecular complexity index is 789. The number of carbonyl (C=O) groups is 1. The van der Waals surface area contributed by atoms with Gasteiger partial charge >= 0.3 is 5.97 Å². The normalized spacial score (nSPS) is 14.9. The second-order valence-corrected chi connectivity index (χ2v) is 6.03. The minimum absolute atomic E-state index is 0.122. The van der Waals surface area contributed by atoms with E-state index in [2.05, 4.69) is 14.8 Å². The van der Waals surface area contributed by atoms with Gasteiger partial charge in [0.15, 0.2) is 0 Å². The number of methoxy groups -OCH3 is 1. The highest BCUT2D eigenvalue weighted by molar-refractivity contribution is 5.96. The lowest BCUT2D eigenvalue weighted by molar-refractivity contribution is -0.384. The van der Waals surface area contributed by atoms with Crippen LogP contribution in [0.5, 0.6) is 0 Å². The van der Waals surface area contributed by atoms with Crippen LogP contribution in [-0.4, -0.2) is 54.1 Å². The molecule has 0 aliphatic carbocycles. The van der Waals surface area contributed by atoms with Crippen LogP contribution in [0.1, 0.15) is 16.1 Å². The fourth-order valence-corrected chi connectivity index (χ4v) is 3.05. The van der Waals surface area contributed by atoms with E-state index in [1.54, 1.807) is 12.3 Å². The maximum atomic E-state index is 12.1. The van der Waals surface area contributed by atoms with Gasteiger partial charge in [-0.1, -0.05) is 6.07 Å². The van der Waals surface area contributed by atoms with Crippen LogP contribution >= 0.6 is 0 Å². The number of non-ortho nitro benzene ring substituents is 1. The van der Waals surface area contributed by atoms with Gasteiger partial charge in [0.05, 0.1) is 29.0 Å². The topological polar surface area (TPSA) is 88.8 Å². The predicted molar refractivity (Wildman–Crippen MR) is 96.2 cm³/mol. The van der Waals surface area contributed by atoms with Gasteiger partial charge in [0.25, 0.3) is 5.69 Å². The molecule has 0 unspecified atom stereocenters. The molecular weight excluding hydrogens is 336 g/mol. The van der Waals surface area contributed by atoms with Crippen molar-refractivity contribution in [3.8, 4) is 0 Å². The van der Waals surface area contributed by atoms with Gasteiger partial charge in [-0.15, -0.1) is 0 Å². The number of hydrogen-bond donors (Lipinski definition) is 0. The molecule has 1 aromatic carbocycles. The molecule has 1 aliphatic rings. The molecule has 0 amide bonds. The Morgan fingerprint density at radius 1 is 1.23 bits per heavy atom. The van der Waals surface area contributed by atoms with Crippen LogP contribution in [0.15, 0.2) is 42.6 Å². The van der Waals surface area contributed by atoms with Gasteiger partial charge in [-0.3, -0.25) is 20.0 Å². The first kappa shape index (κ1) is 17.8. The maximum Gasteiger partial charge on any atom is 0.340 e. The summed E-state index contributed by atoms with van der Waals surface area (Å²) in [5.74, 6) is -0.570. The molecular formula is C18H20N4O4. The van der Waals surface area contributed by atoms with E-state index >= 15 is 0 Å². The molecule has 136 valence electrons. The lowest BCUT2D eigenvalue weighted by Gasteiger charge is -2.36. The summed E-state index contributed by atoms with van der Waals surface area (Å²) in [5.41, 5.74) is 1.79. The van der Waals surface area contributed by atoms with Crippen LogP contribution in [0.2, 0.25) is 0 Å². The number of carbonyl (C=O) groups excluding carboxylic acids is 1. The smallest absolute Gasteiger partial charge is 0.340 e. The molecule has 1 aliphatic heterocycles. The number of pyridine rings is 1. The van der Waals surface area contributed by atoms with Crippen molar-refractivity contribution in [1.29, 1.82) is 0 Å². The van der Waals surface area contributed by atoms with E-state index in [9.17, 15) is 14.9 Å². The Kier molecular flexibility index (Phi) is 5.43. The van der Waals surface area contributed by atoms with Gasteiger partial charge in [-0.05, 0) is 18.2 Å². The molecule has 8 heteroatoms. The van der Waals surface area contributed by atoms with E-state index in [1.165, 1.54) is 19.2 Å². The second-order valence-electron chi connectivity index (χ2n) is 6.03. The predicted octanol–water partition coefficient (Wildman–Crippen LogP) is 2.10. The van der Waals surface area contributed by atoms with Crippen molar-refractivity contribution >= 4 is 17.3 Å². The van der Waals surface area contributed by atoms with E-state index in [-0.39, 0.29) is 11.3 Å². The maximum absolute atomic E-state index is 12.1. The van der Waals surface area contributed by atoms with Crippen molar-refractivity contribution in [1.82, 2.24) is 9.88 Å². The summed E-state index contributed by atoms with van der Waals surface area (Å²) in [5, 5.41) is 11.0. The van der Waals surface area contributed by atoms with Crippen LogP contribution < -0.4 is 4.90 Å². The number of esters is 1. The third kappa shape index (κ3) is 3.97. The Morgan fingerprint density at radius 3 is 2.62 bits per heavy atom. The van der Waals surface area contributed by atoms with Crippen molar-refractivity contribution in [3.05, 3.63) is 64.0 Å². The number of benzene rings is 1. The van der Waals surface area contributed by atoms with E-state index in [0.717, 1.165) is 25.3 Å². The average molecular weight is 356 g/mol. The Morgan fingerprint density at radius 2 is 2.00 bits per heavy atom. The molecule has 3 rings (SSSR count). The van der Waals surface area contributed by atoms with Crippen molar-refractivity contribution in [2.45, 2.75) is 6.54 Å². The standard InChI is InChI=1S/C18H20N4O4/c1-26-18(23)16-12-15(22(24)25)5-6-17(16)21-10-8-20(9-11-21)13-14-4-2-3-7-19-14/h2-7,12H,8-11,13H2,1H3. The number of piperazine rings is 1. The van der Waals surface area contributed by atoms with Crippen molar-refractivity contribution in [3.63, 3.8) is 0 Å². The van der Waals surface area contributed by atoms with E-state index in [0.29, 0.717) is 18.8 Å². The Hall–Kier alpha value is -3.00. The number of aromatic nitrogens is 1. The van der Waals surface area contributed by atoms with Crippen LogP contribution in [-0.2, 0) is 11.3 Å². The first-order valence-corrected chi connectivity index (χ1v) is 8.32. The van der Waals surface area contributed by atoms with Crippen LogP contribution in [0, 0.1) is 10.1 Å². The third-order valence-corrected chi connectivity index (χ3v) is 4.42. The first-order valence-electron chi connectivity index (χ1n) is 8.32. The van der Waals surface area contributed by atoms with Gasteiger partial charge in [-0.25, -0.2) is 4.79 Å². The van der Waals surface area contributed by atoms with Crippen LogP contribution in [0.4, 0.5) is 11.4 Å². The van der Waals surface area contributed by atoms with E-state index < -0.39 is 10.9 Å². The molecule has 1 saturated heterocycles. The quantitative estimate of drug-likeness (QED) is 0.460. The number of nitrogens with zero attached hydrogens (tertiary/aromatic N) is 4. The average Bonchev–Trinajstić information content (AvgIpc) is 2.68. The molecule has 0 radical (unpaired) electrons. The summed E-state index contributed by atoms with van der Waals surface area (Å²) in [6.07, 6.45) is 1.78. The second kappa shape index (κ2) is 7.92. The molecule has 2 aromatic rings. The van der Waals surface area contributed by atoms with E-state index in [4.69, 9.17) is 4.74 Å². The number of anilines is 1. The molecule has 0 N–H and O–H groups in total. The zero-order valence-electron chi connectivity index (χ0n) is 14.5. The lowest BCUT2D eigenvalue weighted by atomic mass is 10.1. The number of hydrogen-bond acceptors (Lipinski definition) is 7. The molecule has 8 nitrogen and oxygen atoms in total. The Labute approximate surface area is 151 Å². The molecule has 0 atom stereocenters. The van der Waals surface area contributed by atoms with Gasteiger partial charge in [0.2, 0.25) is 0 Å². The molecule has 1 aromatic heterocycles. The highest BCUT2D eigenvalue weighted by Gasteiger charge is 2.24. The van der Waals surface area contributed by atoms with Crippen LogP contribution in [0.3, 0.4) is 0 Å². The summed E-state index contributed by atoms with van der Waals surface area (Å²) in [4.78, 5) is 31.2. The highest BCUT2D eigenvalue weighted by atomic mass is 16.6. The summed E-state index contributed by atoms with van der Waals surface area (Å²) in [6, 6.07) is 10.2. The summed E-state index contributed by atoms with van der Waals surface area (Å²) >= 11 is 0.